The van der Waals surface area contributed by atoms with Gasteiger partial charge in [-0.3, -0.25) is 4.79 Å². The second-order valence-corrected chi connectivity index (χ2v) is 9.61. The van der Waals surface area contributed by atoms with E-state index < -0.39 is 5.60 Å². The molecule has 1 saturated carbocycles. The molecule has 0 bridgehead atoms. The number of carbonyl (C=O) groups excluding carboxylic acids is 1. The molecule has 174 valence electrons. The third-order valence-electron chi connectivity index (χ3n) is 6.86. The van der Waals surface area contributed by atoms with Gasteiger partial charge in [-0.1, -0.05) is 26.7 Å². The van der Waals surface area contributed by atoms with Gasteiger partial charge in [0.15, 0.2) is 0 Å². The van der Waals surface area contributed by atoms with Crippen molar-refractivity contribution in [3.8, 4) is 5.75 Å². The minimum absolute atomic E-state index is 0.00294. The predicted octanol–water partition coefficient (Wildman–Crippen LogP) is 5.64. The average molecular weight is 431 g/mol. The number of ether oxygens (including phenoxy) is 2. The third-order valence-corrected chi connectivity index (χ3v) is 6.86. The maximum absolute atomic E-state index is 13.1. The maximum atomic E-state index is 13.1. The van der Waals surface area contributed by atoms with Gasteiger partial charge >= 0.3 is 0 Å². The summed E-state index contributed by atoms with van der Waals surface area (Å²) >= 11 is 0. The van der Waals surface area contributed by atoms with E-state index in [1.165, 1.54) is 32.2 Å². The summed E-state index contributed by atoms with van der Waals surface area (Å²) in [5.41, 5.74) is 0.117. The van der Waals surface area contributed by atoms with E-state index in [1.54, 1.807) is 0 Å². The summed E-state index contributed by atoms with van der Waals surface area (Å²) < 4.78 is 12.1. The lowest BCUT2D eigenvalue weighted by Gasteiger charge is -2.38. The largest absolute Gasteiger partial charge is 0.494 e. The van der Waals surface area contributed by atoms with Crippen molar-refractivity contribution in [2.24, 2.45) is 5.92 Å². The Labute approximate surface area is 188 Å². The van der Waals surface area contributed by atoms with Crippen LogP contribution in [0.15, 0.2) is 24.3 Å². The highest BCUT2D eigenvalue weighted by molar-refractivity contribution is 5.97. The van der Waals surface area contributed by atoms with E-state index in [4.69, 9.17) is 9.47 Å². The molecule has 1 amide bonds. The Kier molecular flexibility index (Phi) is 9.21. The summed E-state index contributed by atoms with van der Waals surface area (Å²) in [6, 6.07) is 8.46. The van der Waals surface area contributed by atoms with Crippen molar-refractivity contribution in [1.82, 2.24) is 4.90 Å². The Morgan fingerprint density at radius 2 is 1.94 bits per heavy atom. The molecule has 2 fully saturated rings. The standard InChI is InChI=1S/C26H42N2O3/c1-4-18-31-26(15-7-9-21(2)20-26)25(29)27-23-11-13-24(14-12-23)30-19-8-17-28-16-6-5-10-22(28)3/h11-14,21-22H,4-10,15-20H2,1-3H3,(H,27,29)/t21-,22+,26-/m1/s1. The Morgan fingerprint density at radius 1 is 1.13 bits per heavy atom. The topological polar surface area (TPSA) is 50.8 Å². The van der Waals surface area contributed by atoms with Crippen molar-refractivity contribution >= 4 is 11.6 Å². The summed E-state index contributed by atoms with van der Waals surface area (Å²) in [6.07, 6.45) is 9.79. The fraction of sp³-hybridized carbons (Fsp3) is 0.731. The SMILES string of the molecule is CCCO[C@]1(C(=O)Nc2ccc(OCCCN3CCCC[C@@H]3C)cc2)CCC[C@@H](C)C1. The number of piperidine rings is 1. The summed E-state index contributed by atoms with van der Waals surface area (Å²) in [7, 11) is 0. The molecule has 1 aliphatic carbocycles. The Morgan fingerprint density at radius 3 is 2.65 bits per heavy atom. The lowest BCUT2D eigenvalue weighted by molar-refractivity contribution is -0.148. The van der Waals surface area contributed by atoms with Gasteiger partial charge in [-0.05, 0) is 88.6 Å². The van der Waals surface area contributed by atoms with E-state index in [0.717, 1.165) is 56.7 Å². The molecule has 0 unspecified atom stereocenters. The normalized spacial score (nSPS) is 27.1. The van der Waals surface area contributed by atoms with Gasteiger partial charge in [-0.2, -0.15) is 0 Å². The number of nitrogens with one attached hydrogen (secondary N) is 1. The van der Waals surface area contributed by atoms with Gasteiger partial charge in [-0.15, -0.1) is 0 Å². The van der Waals surface area contributed by atoms with Crippen molar-refractivity contribution in [1.29, 1.82) is 0 Å². The molecule has 1 saturated heterocycles. The van der Waals surface area contributed by atoms with Crippen LogP contribution in [0.4, 0.5) is 5.69 Å². The number of nitrogens with zero attached hydrogens (tertiary/aromatic N) is 1. The van der Waals surface area contributed by atoms with Crippen LogP contribution < -0.4 is 10.1 Å². The predicted molar refractivity (Wildman–Crippen MR) is 127 cm³/mol. The molecule has 0 aromatic heterocycles. The van der Waals surface area contributed by atoms with Gasteiger partial charge in [0, 0.05) is 24.9 Å². The molecule has 3 rings (SSSR count). The second kappa shape index (κ2) is 11.9. The molecule has 5 heteroatoms. The molecule has 1 N–H and O–H groups in total. The van der Waals surface area contributed by atoms with Gasteiger partial charge in [0.05, 0.1) is 6.61 Å². The van der Waals surface area contributed by atoms with Crippen molar-refractivity contribution in [3.05, 3.63) is 24.3 Å². The summed E-state index contributed by atoms with van der Waals surface area (Å²) in [5, 5.41) is 3.10. The van der Waals surface area contributed by atoms with Gasteiger partial charge in [0.1, 0.15) is 11.4 Å². The van der Waals surface area contributed by atoms with Crippen LogP contribution in [0.5, 0.6) is 5.75 Å². The van der Waals surface area contributed by atoms with E-state index in [9.17, 15) is 4.79 Å². The zero-order valence-electron chi connectivity index (χ0n) is 19.8. The number of anilines is 1. The second-order valence-electron chi connectivity index (χ2n) is 9.61. The molecule has 1 aromatic carbocycles. The highest BCUT2D eigenvalue weighted by Gasteiger charge is 2.42. The first-order valence-electron chi connectivity index (χ1n) is 12.4. The van der Waals surface area contributed by atoms with Crippen LogP contribution >= 0.6 is 0 Å². The minimum Gasteiger partial charge on any atom is -0.494 e. The number of amides is 1. The van der Waals surface area contributed by atoms with E-state index in [0.29, 0.717) is 18.6 Å². The fourth-order valence-electron chi connectivity index (χ4n) is 5.03. The van der Waals surface area contributed by atoms with Gasteiger partial charge in [0.2, 0.25) is 0 Å². The van der Waals surface area contributed by atoms with Crippen molar-refractivity contribution in [2.75, 3.05) is 31.6 Å². The fourth-order valence-corrected chi connectivity index (χ4v) is 5.03. The number of benzene rings is 1. The smallest absolute Gasteiger partial charge is 0.256 e. The van der Waals surface area contributed by atoms with Gasteiger partial charge < -0.3 is 19.7 Å². The Bertz CT molecular complexity index is 678. The van der Waals surface area contributed by atoms with Crippen molar-refractivity contribution < 1.29 is 14.3 Å². The molecule has 1 aliphatic heterocycles. The highest BCUT2D eigenvalue weighted by atomic mass is 16.5. The van der Waals surface area contributed by atoms with Crippen LogP contribution in [0.3, 0.4) is 0 Å². The molecule has 1 aromatic rings. The molecular formula is C26H42N2O3. The lowest BCUT2D eigenvalue weighted by Crippen LogP contribution is -2.48. The Hall–Kier alpha value is -1.59. The van der Waals surface area contributed by atoms with Crippen LogP contribution in [0.1, 0.15) is 78.6 Å². The molecular weight excluding hydrogens is 388 g/mol. The number of likely N-dealkylation sites (tertiary alicyclic amines) is 1. The van der Waals surface area contributed by atoms with Crippen molar-refractivity contribution in [3.63, 3.8) is 0 Å². The average Bonchev–Trinajstić information content (AvgIpc) is 2.77. The van der Waals surface area contributed by atoms with Crippen LogP contribution in [-0.4, -0.2) is 48.8 Å². The molecule has 5 nitrogen and oxygen atoms in total. The summed E-state index contributed by atoms with van der Waals surface area (Å²) in [5.74, 6) is 1.37. The first-order valence-corrected chi connectivity index (χ1v) is 12.4. The zero-order chi connectivity index (χ0) is 22.1. The minimum atomic E-state index is -0.686. The molecule has 3 atom stereocenters. The molecule has 2 aliphatic rings. The first kappa shape index (κ1) is 24.1. The van der Waals surface area contributed by atoms with E-state index in [2.05, 4.69) is 31.0 Å². The number of hydrogen-bond acceptors (Lipinski definition) is 4. The van der Waals surface area contributed by atoms with Crippen molar-refractivity contribution in [2.45, 2.75) is 90.2 Å². The van der Waals surface area contributed by atoms with Crippen LogP contribution in [0.2, 0.25) is 0 Å². The van der Waals surface area contributed by atoms with Crippen LogP contribution in [0.25, 0.3) is 0 Å². The monoisotopic (exact) mass is 430 g/mol. The van der Waals surface area contributed by atoms with E-state index in [-0.39, 0.29) is 5.91 Å². The quantitative estimate of drug-likeness (QED) is 0.488. The van der Waals surface area contributed by atoms with E-state index >= 15 is 0 Å². The number of carbonyl (C=O) groups is 1. The van der Waals surface area contributed by atoms with E-state index in [1.807, 2.05) is 24.3 Å². The Balaban J connectivity index is 1.47. The zero-order valence-corrected chi connectivity index (χ0v) is 19.8. The maximum Gasteiger partial charge on any atom is 0.256 e. The number of rotatable bonds is 10. The van der Waals surface area contributed by atoms with Gasteiger partial charge in [-0.25, -0.2) is 0 Å². The van der Waals surface area contributed by atoms with Crippen LogP contribution in [0, 0.1) is 5.92 Å². The molecule has 0 radical (unpaired) electrons. The lowest BCUT2D eigenvalue weighted by atomic mass is 9.78. The molecule has 1 heterocycles. The summed E-state index contributed by atoms with van der Waals surface area (Å²) in [6.45, 7) is 10.3. The molecule has 31 heavy (non-hydrogen) atoms. The summed E-state index contributed by atoms with van der Waals surface area (Å²) in [4.78, 5) is 15.7. The number of hydrogen-bond donors (Lipinski definition) is 1. The van der Waals surface area contributed by atoms with Crippen LogP contribution in [-0.2, 0) is 9.53 Å². The molecule has 0 spiro atoms. The highest BCUT2D eigenvalue weighted by Crippen LogP contribution is 2.36. The first-order chi connectivity index (χ1) is 15.0. The third kappa shape index (κ3) is 6.95. The van der Waals surface area contributed by atoms with Gasteiger partial charge in [0.25, 0.3) is 5.91 Å².